The summed E-state index contributed by atoms with van der Waals surface area (Å²) in [5.74, 6) is 0.597. The Morgan fingerprint density at radius 2 is 1.50 bits per heavy atom. The van der Waals surface area contributed by atoms with E-state index in [1.807, 2.05) is 0 Å². The number of unbranched alkanes of at least 4 members (excludes halogenated alkanes) is 7. The van der Waals surface area contributed by atoms with Gasteiger partial charge in [0, 0.05) is 11.5 Å². The Labute approximate surface area is 156 Å². The van der Waals surface area contributed by atoms with E-state index in [1.54, 1.807) is 12.1 Å². The lowest BCUT2D eigenvalue weighted by atomic mass is 10.0. The van der Waals surface area contributed by atoms with Gasteiger partial charge in [0.25, 0.3) is 0 Å². The van der Waals surface area contributed by atoms with Crippen LogP contribution >= 0.6 is 0 Å². The van der Waals surface area contributed by atoms with Gasteiger partial charge in [-0.25, -0.2) is 0 Å². The molecule has 148 valence electrons. The summed E-state index contributed by atoms with van der Waals surface area (Å²) in [6.45, 7) is 0.822. The van der Waals surface area contributed by atoms with Crippen LogP contribution in [-0.4, -0.2) is 19.8 Å². The van der Waals surface area contributed by atoms with Crippen molar-refractivity contribution >= 4 is 0 Å². The maximum Gasteiger partial charge on any atom is 0.387 e. The van der Waals surface area contributed by atoms with Crippen molar-refractivity contribution < 1.29 is 23.0 Å². The fraction of sp³-hybridized carbons (Fsp3) is 0.714. The third kappa shape index (κ3) is 8.00. The summed E-state index contributed by atoms with van der Waals surface area (Å²) in [4.78, 5) is 0. The fourth-order valence-corrected chi connectivity index (χ4v) is 3.28. The lowest BCUT2D eigenvalue weighted by Crippen LogP contribution is -2.27. The first-order chi connectivity index (χ1) is 12.7. The van der Waals surface area contributed by atoms with Gasteiger partial charge in [0.05, 0.1) is 13.2 Å². The first kappa shape index (κ1) is 21.1. The van der Waals surface area contributed by atoms with Crippen molar-refractivity contribution in [3.63, 3.8) is 0 Å². The summed E-state index contributed by atoms with van der Waals surface area (Å²) in [6.07, 6.45) is 11.3. The smallest absolute Gasteiger partial charge is 0.387 e. The molecule has 5 heteroatoms. The molecule has 1 heterocycles. The van der Waals surface area contributed by atoms with Crippen LogP contribution in [0.4, 0.5) is 8.78 Å². The second kappa shape index (κ2) is 12.2. The van der Waals surface area contributed by atoms with Crippen LogP contribution in [0.1, 0.15) is 76.6 Å². The average molecular weight is 370 g/mol. The summed E-state index contributed by atoms with van der Waals surface area (Å²) in [6, 6.07) is 6.45. The van der Waals surface area contributed by atoms with Crippen LogP contribution in [0.3, 0.4) is 0 Å². The quantitative estimate of drug-likeness (QED) is 0.394. The summed E-state index contributed by atoms with van der Waals surface area (Å²) < 4.78 is 40.3. The molecule has 0 amide bonds. The molecule has 2 rings (SSSR count). The molecular formula is C21H32F2O3. The lowest BCUT2D eigenvalue weighted by Gasteiger charge is -2.29. The van der Waals surface area contributed by atoms with Crippen LogP contribution in [0, 0.1) is 5.92 Å². The van der Waals surface area contributed by atoms with Gasteiger partial charge in [-0.1, -0.05) is 70.4 Å². The maximum atomic E-state index is 12.2. The number of alkyl halides is 2. The molecule has 0 aliphatic carbocycles. The fourth-order valence-electron chi connectivity index (χ4n) is 3.28. The van der Waals surface area contributed by atoms with E-state index in [9.17, 15) is 8.78 Å². The molecule has 0 unspecified atom stereocenters. The Kier molecular flexibility index (Phi) is 9.93. The Hall–Kier alpha value is -1.20. The number of halogens is 2. The summed E-state index contributed by atoms with van der Waals surface area (Å²) in [5, 5.41) is 0. The number of ether oxygens (including phenoxy) is 3. The SMILES string of the molecule is CCCCCCCCCCC1COC(c2ccc(OC(F)F)cc2)OC1. The Balaban J connectivity index is 1.57. The van der Waals surface area contributed by atoms with Crippen LogP contribution in [0.5, 0.6) is 5.75 Å². The molecule has 0 atom stereocenters. The highest BCUT2D eigenvalue weighted by Gasteiger charge is 2.23. The van der Waals surface area contributed by atoms with Crippen molar-refractivity contribution in [2.45, 2.75) is 77.6 Å². The Bertz CT molecular complexity index is 471. The third-order valence-electron chi connectivity index (χ3n) is 4.81. The summed E-state index contributed by atoms with van der Waals surface area (Å²) in [7, 11) is 0. The van der Waals surface area contributed by atoms with Gasteiger partial charge in [-0.3, -0.25) is 0 Å². The molecule has 0 saturated carbocycles. The summed E-state index contributed by atoms with van der Waals surface area (Å²) >= 11 is 0. The zero-order chi connectivity index (χ0) is 18.6. The Morgan fingerprint density at radius 1 is 0.923 bits per heavy atom. The van der Waals surface area contributed by atoms with E-state index < -0.39 is 12.9 Å². The molecule has 0 spiro atoms. The number of hydrogen-bond acceptors (Lipinski definition) is 3. The minimum absolute atomic E-state index is 0.145. The predicted octanol–water partition coefficient (Wildman–Crippen LogP) is 6.48. The van der Waals surface area contributed by atoms with Crippen molar-refractivity contribution in [2.24, 2.45) is 5.92 Å². The van der Waals surface area contributed by atoms with Gasteiger partial charge in [0.15, 0.2) is 6.29 Å². The normalized spacial score (nSPS) is 20.5. The van der Waals surface area contributed by atoms with Gasteiger partial charge in [-0.05, 0) is 18.6 Å². The molecule has 1 aliphatic heterocycles. The van der Waals surface area contributed by atoms with E-state index >= 15 is 0 Å². The standard InChI is InChI=1S/C21H32F2O3/c1-2-3-4-5-6-7-8-9-10-17-15-24-20(25-16-17)18-11-13-19(14-12-18)26-21(22)23/h11-14,17,20-21H,2-10,15-16H2,1H3. The van der Waals surface area contributed by atoms with Crippen molar-refractivity contribution in [2.75, 3.05) is 13.2 Å². The first-order valence-corrected chi connectivity index (χ1v) is 9.97. The highest BCUT2D eigenvalue weighted by atomic mass is 19.3. The number of benzene rings is 1. The topological polar surface area (TPSA) is 27.7 Å². The number of rotatable bonds is 12. The zero-order valence-corrected chi connectivity index (χ0v) is 15.8. The van der Waals surface area contributed by atoms with Crippen LogP contribution in [0.2, 0.25) is 0 Å². The monoisotopic (exact) mass is 370 g/mol. The van der Waals surface area contributed by atoms with E-state index in [-0.39, 0.29) is 5.75 Å². The van der Waals surface area contributed by atoms with Crippen LogP contribution in [0.25, 0.3) is 0 Å². The molecule has 3 nitrogen and oxygen atoms in total. The molecule has 0 N–H and O–H groups in total. The van der Waals surface area contributed by atoms with Crippen molar-refractivity contribution in [1.29, 1.82) is 0 Å². The van der Waals surface area contributed by atoms with Crippen molar-refractivity contribution in [1.82, 2.24) is 0 Å². The molecule has 1 saturated heterocycles. The predicted molar refractivity (Wildman–Crippen MR) is 98.4 cm³/mol. The van der Waals surface area contributed by atoms with Crippen LogP contribution < -0.4 is 4.74 Å². The third-order valence-corrected chi connectivity index (χ3v) is 4.81. The molecule has 1 fully saturated rings. The molecule has 26 heavy (non-hydrogen) atoms. The highest BCUT2D eigenvalue weighted by Crippen LogP contribution is 2.28. The van der Waals surface area contributed by atoms with E-state index in [2.05, 4.69) is 11.7 Å². The molecule has 0 aromatic heterocycles. The van der Waals surface area contributed by atoms with Gasteiger partial charge in [0.1, 0.15) is 5.75 Å². The van der Waals surface area contributed by atoms with E-state index in [0.717, 1.165) is 12.0 Å². The Morgan fingerprint density at radius 3 is 2.08 bits per heavy atom. The van der Waals surface area contributed by atoms with Gasteiger partial charge in [-0.2, -0.15) is 8.78 Å². The largest absolute Gasteiger partial charge is 0.435 e. The molecule has 1 aliphatic rings. The minimum atomic E-state index is -2.81. The highest BCUT2D eigenvalue weighted by molar-refractivity contribution is 5.28. The second-order valence-electron chi connectivity index (χ2n) is 7.08. The lowest BCUT2D eigenvalue weighted by molar-refractivity contribution is -0.206. The van der Waals surface area contributed by atoms with Crippen LogP contribution in [0.15, 0.2) is 24.3 Å². The number of hydrogen-bond donors (Lipinski definition) is 0. The van der Waals surface area contributed by atoms with Gasteiger partial charge in [0.2, 0.25) is 0 Å². The summed E-state index contributed by atoms with van der Waals surface area (Å²) in [5.41, 5.74) is 0.831. The zero-order valence-electron chi connectivity index (χ0n) is 15.8. The second-order valence-corrected chi connectivity index (χ2v) is 7.08. The molecule has 1 aromatic carbocycles. The first-order valence-electron chi connectivity index (χ1n) is 9.97. The van der Waals surface area contributed by atoms with Crippen molar-refractivity contribution in [3.8, 4) is 5.75 Å². The van der Waals surface area contributed by atoms with Gasteiger partial charge >= 0.3 is 6.61 Å². The van der Waals surface area contributed by atoms with Crippen LogP contribution in [-0.2, 0) is 9.47 Å². The molecule has 0 bridgehead atoms. The molecule has 1 aromatic rings. The molecule has 0 radical (unpaired) electrons. The van der Waals surface area contributed by atoms with Gasteiger partial charge in [-0.15, -0.1) is 0 Å². The maximum absolute atomic E-state index is 12.2. The van der Waals surface area contributed by atoms with E-state index in [4.69, 9.17) is 9.47 Å². The molecular weight excluding hydrogens is 338 g/mol. The van der Waals surface area contributed by atoms with E-state index in [0.29, 0.717) is 19.1 Å². The van der Waals surface area contributed by atoms with Gasteiger partial charge < -0.3 is 14.2 Å². The minimum Gasteiger partial charge on any atom is -0.435 e. The van der Waals surface area contributed by atoms with E-state index in [1.165, 1.54) is 63.5 Å². The average Bonchev–Trinajstić information content (AvgIpc) is 2.65. The van der Waals surface area contributed by atoms with Crippen molar-refractivity contribution in [3.05, 3.63) is 29.8 Å².